The first-order chi connectivity index (χ1) is 12.3. The van der Waals surface area contributed by atoms with E-state index in [0.717, 1.165) is 30.3 Å². The van der Waals surface area contributed by atoms with Crippen molar-refractivity contribution < 1.29 is 4.74 Å². The molecular weight excluding hydrogens is 304 g/mol. The van der Waals surface area contributed by atoms with Gasteiger partial charge in [-0.3, -0.25) is 0 Å². The smallest absolute Gasteiger partial charge is 0.119 e. The summed E-state index contributed by atoms with van der Waals surface area (Å²) in [6.45, 7) is 5.14. The SMILES string of the molecule is CCCOc1ccc(C#CC=CC#CC2CCC(CCC)CC2)cc1. The largest absolute Gasteiger partial charge is 0.494 e. The molecule has 0 N–H and O–H groups in total. The van der Waals surface area contributed by atoms with E-state index in [1.54, 1.807) is 0 Å². The molecule has 25 heavy (non-hydrogen) atoms. The van der Waals surface area contributed by atoms with Gasteiger partial charge < -0.3 is 4.74 Å². The van der Waals surface area contributed by atoms with Crippen molar-refractivity contribution in [2.24, 2.45) is 11.8 Å². The average Bonchev–Trinajstić information content (AvgIpc) is 2.65. The first kappa shape index (κ1) is 19.2. The van der Waals surface area contributed by atoms with Crippen molar-refractivity contribution in [2.45, 2.75) is 58.8 Å². The number of hydrogen-bond acceptors (Lipinski definition) is 1. The number of ether oxygens (including phenoxy) is 1. The fourth-order valence-electron chi connectivity index (χ4n) is 3.23. The zero-order chi connectivity index (χ0) is 17.7. The van der Waals surface area contributed by atoms with E-state index in [4.69, 9.17) is 4.74 Å². The van der Waals surface area contributed by atoms with Gasteiger partial charge in [0.05, 0.1) is 6.61 Å². The predicted octanol–water partition coefficient (Wildman–Crippen LogP) is 5.99. The van der Waals surface area contributed by atoms with E-state index >= 15 is 0 Å². The summed E-state index contributed by atoms with van der Waals surface area (Å²) in [5.41, 5.74) is 0.996. The Balaban J connectivity index is 1.74. The van der Waals surface area contributed by atoms with Crippen LogP contribution in [0.2, 0.25) is 0 Å². The van der Waals surface area contributed by atoms with Crippen LogP contribution in [0.5, 0.6) is 5.75 Å². The van der Waals surface area contributed by atoms with Gasteiger partial charge in [0, 0.05) is 11.5 Å². The maximum Gasteiger partial charge on any atom is 0.119 e. The van der Waals surface area contributed by atoms with Crippen LogP contribution in [0.15, 0.2) is 36.4 Å². The summed E-state index contributed by atoms with van der Waals surface area (Å²) >= 11 is 0. The molecule has 0 spiro atoms. The van der Waals surface area contributed by atoms with Crippen LogP contribution >= 0.6 is 0 Å². The molecule has 0 unspecified atom stereocenters. The van der Waals surface area contributed by atoms with Crippen molar-refractivity contribution in [3.8, 4) is 29.4 Å². The molecule has 1 fully saturated rings. The van der Waals surface area contributed by atoms with Gasteiger partial charge in [-0.2, -0.15) is 0 Å². The lowest BCUT2D eigenvalue weighted by Crippen LogP contribution is -2.12. The normalized spacial score (nSPS) is 19.6. The summed E-state index contributed by atoms with van der Waals surface area (Å²) in [5.74, 6) is 15.2. The van der Waals surface area contributed by atoms with E-state index in [1.165, 1.54) is 38.5 Å². The predicted molar refractivity (Wildman–Crippen MR) is 106 cm³/mol. The highest BCUT2D eigenvalue weighted by molar-refractivity contribution is 5.40. The van der Waals surface area contributed by atoms with Crippen molar-refractivity contribution in [3.05, 3.63) is 42.0 Å². The monoisotopic (exact) mass is 334 g/mol. The highest BCUT2D eigenvalue weighted by Gasteiger charge is 2.18. The van der Waals surface area contributed by atoms with Crippen molar-refractivity contribution >= 4 is 0 Å². The number of allylic oxidation sites excluding steroid dienone is 2. The Kier molecular flexibility index (Phi) is 8.79. The maximum absolute atomic E-state index is 5.56. The molecule has 132 valence electrons. The molecule has 0 radical (unpaired) electrons. The van der Waals surface area contributed by atoms with Gasteiger partial charge in [-0.15, -0.1) is 0 Å². The second-order valence-corrected chi connectivity index (χ2v) is 6.77. The van der Waals surface area contributed by atoms with E-state index in [-0.39, 0.29) is 0 Å². The first-order valence-corrected chi connectivity index (χ1v) is 9.72. The third-order valence-corrected chi connectivity index (χ3v) is 4.62. The molecule has 1 aliphatic carbocycles. The van der Waals surface area contributed by atoms with E-state index < -0.39 is 0 Å². The van der Waals surface area contributed by atoms with Crippen LogP contribution in [0, 0.1) is 35.5 Å². The fourth-order valence-corrected chi connectivity index (χ4v) is 3.23. The lowest BCUT2D eigenvalue weighted by molar-refractivity contribution is 0.300. The van der Waals surface area contributed by atoms with Gasteiger partial charge >= 0.3 is 0 Å². The van der Waals surface area contributed by atoms with Crippen LogP contribution in [0.4, 0.5) is 0 Å². The van der Waals surface area contributed by atoms with Crippen LogP contribution in [-0.4, -0.2) is 6.61 Å². The summed E-state index contributed by atoms with van der Waals surface area (Å²) in [4.78, 5) is 0. The third-order valence-electron chi connectivity index (χ3n) is 4.62. The van der Waals surface area contributed by atoms with Crippen molar-refractivity contribution in [2.75, 3.05) is 6.61 Å². The molecule has 2 rings (SSSR count). The van der Waals surface area contributed by atoms with E-state index in [1.807, 2.05) is 36.4 Å². The standard InChI is InChI=1S/C24H30O/c1-3-9-21-12-14-22(15-13-21)10-7-5-6-8-11-23-16-18-24(19-17-23)25-20-4-2/h5-6,16-19,21-22H,3-4,9,12-15,20H2,1-2H3. The van der Waals surface area contributed by atoms with Gasteiger partial charge in [0.25, 0.3) is 0 Å². The molecule has 1 aromatic carbocycles. The molecular formula is C24H30O. The number of hydrogen-bond donors (Lipinski definition) is 0. The molecule has 0 aromatic heterocycles. The molecule has 1 nitrogen and oxygen atoms in total. The molecule has 0 heterocycles. The van der Waals surface area contributed by atoms with Crippen molar-refractivity contribution in [3.63, 3.8) is 0 Å². The summed E-state index contributed by atoms with van der Waals surface area (Å²) in [6.07, 6.45) is 12.7. The number of rotatable bonds is 5. The first-order valence-electron chi connectivity index (χ1n) is 9.72. The minimum Gasteiger partial charge on any atom is -0.494 e. The van der Waals surface area contributed by atoms with Gasteiger partial charge in [-0.25, -0.2) is 0 Å². The zero-order valence-electron chi connectivity index (χ0n) is 15.7. The van der Waals surface area contributed by atoms with Gasteiger partial charge in [0.1, 0.15) is 5.75 Å². The Bertz CT molecular complexity index is 637. The summed E-state index contributed by atoms with van der Waals surface area (Å²) < 4.78 is 5.56. The molecule has 0 bridgehead atoms. The lowest BCUT2D eigenvalue weighted by Gasteiger charge is -2.25. The molecule has 0 atom stereocenters. The van der Waals surface area contributed by atoms with Crippen LogP contribution in [0.3, 0.4) is 0 Å². The Morgan fingerprint density at radius 3 is 2.36 bits per heavy atom. The molecule has 1 aromatic rings. The molecule has 1 saturated carbocycles. The van der Waals surface area contributed by atoms with Gasteiger partial charge in [0.2, 0.25) is 0 Å². The zero-order valence-corrected chi connectivity index (χ0v) is 15.7. The van der Waals surface area contributed by atoms with Crippen molar-refractivity contribution in [1.29, 1.82) is 0 Å². The highest BCUT2D eigenvalue weighted by atomic mass is 16.5. The summed E-state index contributed by atoms with van der Waals surface area (Å²) in [7, 11) is 0. The Hall–Kier alpha value is -2.12. The van der Waals surface area contributed by atoms with E-state index in [2.05, 4.69) is 37.5 Å². The molecule has 1 aliphatic rings. The second kappa shape index (κ2) is 11.4. The molecule has 0 saturated heterocycles. The minimum atomic E-state index is 0.585. The van der Waals surface area contributed by atoms with Gasteiger partial charge in [0.15, 0.2) is 0 Å². The fraction of sp³-hybridized carbons (Fsp3) is 0.500. The average molecular weight is 335 g/mol. The molecule has 1 heteroatoms. The third kappa shape index (κ3) is 7.53. The highest BCUT2D eigenvalue weighted by Crippen LogP contribution is 2.30. The minimum absolute atomic E-state index is 0.585. The van der Waals surface area contributed by atoms with Crippen LogP contribution in [0.1, 0.15) is 64.4 Å². The summed E-state index contributed by atoms with van der Waals surface area (Å²) in [6, 6.07) is 7.93. The maximum atomic E-state index is 5.56. The molecule has 0 amide bonds. The van der Waals surface area contributed by atoms with Crippen LogP contribution in [0.25, 0.3) is 0 Å². The van der Waals surface area contributed by atoms with Crippen LogP contribution in [-0.2, 0) is 0 Å². The van der Waals surface area contributed by atoms with Gasteiger partial charge in [-0.1, -0.05) is 50.4 Å². The lowest BCUT2D eigenvalue weighted by atomic mass is 9.80. The van der Waals surface area contributed by atoms with Crippen LogP contribution < -0.4 is 4.74 Å². The Morgan fingerprint density at radius 1 is 0.960 bits per heavy atom. The summed E-state index contributed by atoms with van der Waals surface area (Å²) in [5, 5.41) is 0. The number of benzene rings is 1. The van der Waals surface area contributed by atoms with Gasteiger partial charge in [-0.05, 0) is 74.4 Å². The Morgan fingerprint density at radius 2 is 1.68 bits per heavy atom. The molecule has 0 aliphatic heterocycles. The quantitative estimate of drug-likeness (QED) is 0.601. The van der Waals surface area contributed by atoms with E-state index in [9.17, 15) is 0 Å². The Labute approximate surface area is 153 Å². The topological polar surface area (TPSA) is 9.23 Å². The second-order valence-electron chi connectivity index (χ2n) is 6.77. The van der Waals surface area contributed by atoms with Crippen molar-refractivity contribution in [1.82, 2.24) is 0 Å². The van der Waals surface area contributed by atoms with E-state index in [0.29, 0.717) is 5.92 Å².